The Labute approximate surface area is 148 Å². The van der Waals surface area contributed by atoms with E-state index in [1.54, 1.807) is 17.3 Å². The number of benzene rings is 1. The predicted molar refractivity (Wildman–Crippen MR) is 91.4 cm³/mol. The van der Waals surface area contributed by atoms with Gasteiger partial charge in [0.2, 0.25) is 5.89 Å². The lowest BCUT2D eigenvalue weighted by Crippen LogP contribution is -2.41. The van der Waals surface area contributed by atoms with Crippen LogP contribution in [-0.4, -0.2) is 27.5 Å². The molecule has 8 nitrogen and oxygen atoms in total. The SMILES string of the molecule is CCN1NN=C(c2ccc(Oc3ncc(-c4ncco4)cc3F)cc2)N1. The van der Waals surface area contributed by atoms with Crippen LogP contribution in [-0.2, 0) is 0 Å². The zero-order valence-corrected chi connectivity index (χ0v) is 13.8. The zero-order valence-electron chi connectivity index (χ0n) is 13.8. The molecule has 0 atom stereocenters. The fourth-order valence-corrected chi connectivity index (χ4v) is 2.34. The quantitative estimate of drug-likeness (QED) is 0.728. The molecule has 0 spiro atoms. The van der Waals surface area contributed by atoms with Crippen molar-refractivity contribution in [2.75, 3.05) is 6.54 Å². The van der Waals surface area contributed by atoms with Crippen LogP contribution in [0.4, 0.5) is 4.39 Å². The molecule has 4 rings (SSSR count). The second-order valence-electron chi connectivity index (χ2n) is 5.39. The minimum Gasteiger partial charge on any atom is -0.444 e. The summed E-state index contributed by atoms with van der Waals surface area (Å²) in [4.78, 5) is 7.96. The second kappa shape index (κ2) is 6.81. The molecule has 1 aromatic carbocycles. The second-order valence-corrected chi connectivity index (χ2v) is 5.39. The number of hydrogen-bond donors (Lipinski definition) is 2. The number of hydrazine groups is 2. The number of halogens is 1. The van der Waals surface area contributed by atoms with Gasteiger partial charge in [0.15, 0.2) is 11.7 Å². The number of pyridine rings is 1. The third kappa shape index (κ3) is 3.20. The lowest BCUT2D eigenvalue weighted by Gasteiger charge is -2.12. The lowest BCUT2D eigenvalue weighted by molar-refractivity contribution is 0.191. The summed E-state index contributed by atoms with van der Waals surface area (Å²) in [6.45, 7) is 2.74. The van der Waals surface area contributed by atoms with Crippen molar-refractivity contribution in [3.63, 3.8) is 0 Å². The Hall–Kier alpha value is -3.46. The normalized spacial score (nSPS) is 13.8. The largest absolute Gasteiger partial charge is 0.444 e. The highest BCUT2D eigenvalue weighted by Crippen LogP contribution is 2.26. The minimum absolute atomic E-state index is 0.122. The molecule has 9 heteroatoms. The predicted octanol–water partition coefficient (Wildman–Crippen LogP) is 2.67. The van der Waals surface area contributed by atoms with Crippen molar-refractivity contribution in [2.24, 2.45) is 5.10 Å². The molecule has 0 aliphatic carbocycles. The smallest absolute Gasteiger partial charge is 0.255 e. The van der Waals surface area contributed by atoms with Gasteiger partial charge < -0.3 is 9.15 Å². The molecule has 3 aromatic rings. The van der Waals surface area contributed by atoms with Gasteiger partial charge in [-0.25, -0.2) is 19.9 Å². The lowest BCUT2D eigenvalue weighted by atomic mass is 10.2. The van der Waals surface area contributed by atoms with Gasteiger partial charge in [-0.3, -0.25) is 5.43 Å². The Morgan fingerprint density at radius 1 is 1.19 bits per heavy atom. The molecule has 1 aliphatic heterocycles. The highest BCUT2D eigenvalue weighted by molar-refractivity contribution is 5.98. The van der Waals surface area contributed by atoms with E-state index in [0.717, 1.165) is 12.1 Å². The number of ether oxygens (including phenoxy) is 1. The molecule has 0 amide bonds. The maximum absolute atomic E-state index is 14.2. The van der Waals surface area contributed by atoms with Gasteiger partial charge in [0, 0.05) is 18.3 Å². The Morgan fingerprint density at radius 3 is 2.69 bits per heavy atom. The van der Waals surface area contributed by atoms with Crippen molar-refractivity contribution >= 4 is 5.84 Å². The number of hydrazone groups is 1. The molecule has 0 bridgehead atoms. The van der Waals surface area contributed by atoms with Crippen molar-refractivity contribution < 1.29 is 13.5 Å². The van der Waals surface area contributed by atoms with Crippen molar-refractivity contribution in [2.45, 2.75) is 6.92 Å². The average Bonchev–Trinajstić information content (AvgIpc) is 3.36. The van der Waals surface area contributed by atoms with Gasteiger partial charge in [0.25, 0.3) is 5.88 Å². The van der Waals surface area contributed by atoms with E-state index in [9.17, 15) is 4.39 Å². The maximum atomic E-state index is 14.2. The van der Waals surface area contributed by atoms with E-state index in [4.69, 9.17) is 9.15 Å². The van der Waals surface area contributed by atoms with Crippen LogP contribution in [0.3, 0.4) is 0 Å². The van der Waals surface area contributed by atoms with E-state index in [-0.39, 0.29) is 5.88 Å². The molecule has 0 fully saturated rings. The standard InChI is InChI=1S/C17H15FN6O2/c1-2-24-22-15(21-23-24)11-3-5-13(6-4-11)26-17-14(18)9-12(10-20-17)16-19-7-8-25-16/h3-10,23H,2H2,1H3,(H,21,22). The summed E-state index contributed by atoms with van der Waals surface area (Å²) in [7, 11) is 0. The molecule has 0 unspecified atom stereocenters. The number of amidine groups is 1. The van der Waals surface area contributed by atoms with Crippen molar-refractivity contribution in [3.05, 3.63) is 60.4 Å². The van der Waals surface area contributed by atoms with Crippen LogP contribution >= 0.6 is 0 Å². The molecule has 2 N–H and O–H groups in total. The fraction of sp³-hybridized carbons (Fsp3) is 0.118. The number of nitrogens with one attached hydrogen (secondary N) is 2. The number of aromatic nitrogens is 2. The highest BCUT2D eigenvalue weighted by Gasteiger charge is 2.15. The van der Waals surface area contributed by atoms with Gasteiger partial charge in [-0.05, 0) is 37.3 Å². The van der Waals surface area contributed by atoms with Crippen LogP contribution in [0.2, 0.25) is 0 Å². The molecule has 2 aromatic heterocycles. The third-order valence-electron chi connectivity index (χ3n) is 3.67. The first kappa shape index (κ1) is 16.0. The van der Waals surface area contributed by atoms with Crippen LogP contribution in [0, 0.1) is 5.82 Å². The van der Waals surface area contributed by atoms with Gasteiger partial charge in [-0.2, -0.15) is 0 Å². The monoisotopic (exact) mass is 354 g/mol. The topological polar surface area (TPSA) is 87.8 Å². The molecule has 1 aliphatic rings. The Morgan fingerprint density at radius 2 is 2.04 bits per heavy atom. The summed E-state index contributed by atoms with van der Waals surface area (Å²) < 4.78 is 24.9. The Kier molecular flexibility index (Phi) is 4.20. The Balaban J connectivity index is 1.48. The summed E-state index contributed by atoms with van der Waals surface area (Å²) in [5, 5.41) is 5.92. The summed E-state index contributed by atoms with van der Waals surface area (Å²) in [6.07, 6.45) is 4.34. The first-order chi connectivity index (χ1) is 12.7. The molecule has 26 heavy (non-hydrogen) atoms. The van der Waals surface area contributed by atoms with Crippen molar-refractivity contribution in [3.8, 4) is 23.1 Å². The van der Waals surface area contributed by atoms with Gasteiger partial charge in [-0.15, -0.1) is 10.2 Å². The van der Waals surface area contributed by atoms with Gasteiger partial charge in [0.05, 0.1) is 11.8 Å². The summed E-state index contributed by atoms with van der Waals surface area (Å²) in [6, 6.07) is 8.35. The summed E-state index contributed by atoms with van der Waals surface area (Å²) in [5.74, 6) is 0.727. The maximum Gasteiger partial charge on any atom is 0.255 e. The molecule has 3 heterocycles. The molecule has 132 valence electrons. The number of rotatable bonds is 5. The summed E-state index contributed by atoms with van der Waals surface area (Å²) >= 11 is 0. The molecular weight excluding hydrogens is 339 g/mol. The van der Waals surface area contributed by atoms with Crippen LogP contribution < -0.4 is 15.7 Å². The van der Waals surface area contributed by atoms with Crippen molar-refractivity contribution in [1.29, 1.82) is 0 Å². The van der Waals surface area contributed by atoms with Crippen molar-refractivity contribution in [1.82, 2.24) is 26.0 Å². The summed E-state index contributed by atoms with van der Waals surface area (Å²) in [5.41, 5.74) is 7.25. The van der Waals surface area contributed by atoms with E-state index < -0.39 is 5.82 Å². The number of oxazole rings is 1. The third-order valence-corrected chi connectivity index (χ3v) is 3.67. The minimum atomic E-state index is -0.602. The first-order valence-corrected chi connectivity index (χ1v) is 7.94. The van der Waals surface area contributed by atoms with Gasteiger partial charge in [-0.1, -0.05) is 0 Å². The van der Waals surface area contributed by atoms with Gasteiger partial charge in [0.1, 0.15) is 12.0 Å². The van der Waals surface area contributed by atoms with E-state index in [0.29, 0.717) is 23.0 Å². The van der Waals surface area contributed by atoms with E-state index in [2.05, 4.69) is 26.0 Å². The van der Waals surface area contributed by atoms with E-state index in [1.165, 1.54) is 24.7 Å². The first-order valence-electron chi connectivity index (χ1n) is 7.94. The fourth-order valence-electron chi connectivity index (χ4n) is 2.34. The van der Waals surface area contributed by atoms with Crippen LogP contribution in [0.25, 0.3) is 11.5 Å². The molecule has 0 radical (unpaired) electrons. The van der Waals surface area contributed by atoms with E-state index >= 15 is 0 Å². The number of hydrogen-bond acceptors (Lipinski definition) is 8. The number of nitrogens with zero attached hydrogens (tertiary/aromatic N) is 4. The van der Waals surface area contributed by atoms with Crippen LogP contribution in [0.15, 0.2) is 58.5 Å². The van der Waals surface area contributed by atoms with Crippen LogP contribution in [0.5, 0.6) is 11.6 Å². The van der Waals surface area contributed by atoms with E-state index in [1.807, 2.05) is 19.1 Å². The zero-order chi connectivity index (χ0) is 17.9. The average molecular weight is 354 g/mol. The Bertz CT molecular complexity index is 927. The van der Waals surface area contributed by atoms with Gasteiger partial charge >= 0.3 is 0 Å². The molecular formula is C17H15FN6O2. The highest BCUT2D eigenvalue weighted by atomic mass is 19.1. The van der Waals surface area contributed by atoms with Crippen LogP contribution in [0.1, 0.15) is 12.5 Å². The molecule has 0 saturated carbocycles. The molecule has 0 saturated heterocycles.